The Morgan fingerprint density at radius 1 is 0.818 bits per heavy atom. The molecule has 2 aliphatic heterocycles. The summed E-state index contributed by atoms with van der Waals surface area (Å²) in [6.45, 7) is 0.791. The van der Waals surface area contributed by atoms with Crippen LogP contribution in [0.1, 0.15) is 30.1 Å². The number of benzene rings is 3. The third kappa shape index (κ3) is 2.94. The van der Waals surface area contributed by atoms with Crippen molar-refractivity contribution in [2.45, 2.75) is 31.5 Å². The molecule has 1 fully saturated rings. The Labute approximate surface area is 192 Å². The van der Waals surface area contributed by atoms with Crippen LogP contribution in [0.15, 0.2) is 18.2 Å². The third-order valence-electron chi connectivity index (χ3n) is 7.29. The molecule has 2 heterocycles. The van der Waals surface area contributed by atoms with Crippen LogP contribution in [0, 0.1) is 5.21 Å². The molecule has 0 spiro atoms. The van der Waals surface area contributed by atoms with E-state index in [1.165, 1.54) is 0 Å². The van der Waals surface area contributed by atoms with E-state index in [1.807, 2.05) is 18.2 Å². The predicted octanol–water partition coefficient (Wildman–Crippen LogP) is 4.06. The van der Waals surface area contributed by atoms with E-state index in [0.29, 0.717) is 41.7 Å². The molecule has 5 rings (SSSR count). The van der Waals surface area contributed by atoms with Gasteiger partial charge in [-0.2, -0.15) is 0 Å². The fourth-order valence-corrected chi connectivity index (χ4v) is 5.83. The van der Waals surface area contributed by atoms with Crippen LogP contribution in [-0.4, -0.2) is 57.9 Å². The molecule has 0 aliphatic carbocycles. The van der Waals surface area contributed by atoms with Crippen molar-refractivity contribution >= 4 is 21.5 Å². The summed E-state index contributed by atoms with van der Waals surface area (Å²) in [5.74, 6) is 2.57. The SMILES string of the molecule is COc1cc2c3c(c4cc(OC)c(OC)c(OC)c4c2cc1OC)C(O)C1CCC[N+]1([O-])C3. The van der Waals surface area contributed by atoms with Gasteiger partial charge in [0.1, 0.15) is 18.7 Å². The van der Waals surface area contributed by atoms with Crippen molar-refractivity contribution in [2.75, 3.05) is 42.1 Å². The maximum absolute atomic E-state index is 13.7. The van der Waals surface area contributed by atoms with E-state index < -0.39 is 16.8 Å². The first kappa shape index (κ1) is 21.9. The molecule has 3 aromatic rings. The van der Waals surface area contributed by atoms with Gasteiger partial charge in [0.2, 0.25) is 5.75 Å². The molecule has 8 heteroatoms. The second-order valence-electron chi connectivity index (χ2n) is 8.70. The lowest BCUT2D eigenvalue weighted by Crippen LogP contribution is -2.51. The zero-order valence-electron chi connectivity index (χ0n) is 19.6. The number of methoxy groups -OCH3 is 5. The molecule has 0 amide bonds. The Hall–Kier alpha value is -2.94. The number of ether oxygens (including phenoxy) is 5. The molecule has 0 radical (unpaired) electrons. The molecule has 3 aromatic carbocycles. The van der Waals surface area contributed by atoms with Gasteiger partial charge in [0.15, 0.2) is 23.0 Å². The topological polar surface area (TPSA) is 89.4 Å². The van der Waals surface area contributed by atoms with Gasteiger partial charge in [-0.1, -0.05) is 0 Å². The molecule has 1 N–H and O–H groups in total. The summed E-state index contributed by atoms with van der Waals surface area (Å²) in [6, 6.07) is 5.26. The minimum atomic E-state index is -0.906. The van der Waals surface area contributed by atoms with Crippen molar-refractivity contribution in [3.8, 4) is 28.7 Å². The number of rotatable bonds is 5. The first-order chi connectivity index (χ1) is 15.9. The first-order valence-electron chi connectivity index (χ1n) is 11.0. The number of quaternary nitrogens is 1. The van der Waals surface area contributed by atoms with E-state index in [1.54, 1.807) is 35.5 Å². The quantitative estimate of drug-likeness (QED) is 0.353. The van der Waals surface area contributed by atoms with E-state index in [4.69, 9.17) is 23.7 Å². The van der Waals surface area contributed by atoms with E-state index in [-0.39, 0.29) is 6.54 Å². The Balaban J connectivity index is 2.01. The van der Waals surface area contributed by atoms with Gasteiger partial charge in [-0.05, 0) is 34.4 Å². The molecule has 33 heavy (non-hydrogen) atoms. The van der Waals surface area contributed by atoms with Gasteiger partial charge in [0.25, 0.3) is 0 Å². The summed E-state index contributed by atoms with van der Waals surface area (Å²) < 4.78 is 27.9. The number of fused-ring (bicyclic) bond motifs is 7. The fourth-order valence-electron chi connectivity index (χ4n) is 5.83. The number of aliphatic hydroxyl groups excluding tert-OH is 1. The average molecular weight is 456 g/mol. The fraction of sp³-hybridized carbons (Fsp3) is 0.440. The molecule has 3 atom stereocenters. The number of hydrogen-bond acceptors (Lipinski definition) is 7. The second-order valence-corrected chi connectivity index (χ2v) is 8.70. The van der Waals surface area contributed by atoms with Crippen molar-refractivity contribution < 1.29 is 33.4 Å². The van der Waals surface area contributed by atoms with E-state index >= 15 is 0 Å². The zero-order valence-corrected chi connectivity index (χ0v) is 19.6. The molecular weight excluding hydrogens is 426 g/mol. The van der Waals surface area contributed by atoms with Crippen LogP contribution < -0.4 is 23.7 Å². The molecule has 3 unspecified atom stereocenters. The molecule has 0 aromatic heterocycles. The Morgan fingerprint density at radius 3 is 2.03 bits per heavy atom. The van der Waals surface area contributed by atoms with Crippen molar-refractivity contribution in [3.05, 3.63) is 34.5 Å². The summed E-state index contributed by atoms with van der Waals surface area (Å²) in [4.78, 5) is 0. The zero-order chi connectivity index (χ0) is 23.5. The number of hydroxylamine groups is 3. The molecule has 8 nitrogen and oxygen atoms in total. The van der Waals surface area contributed by atoms with E-state index in [0.717, 1.165) is 39.1 Å². The lowest BCUT2D eigenvalue weighted by molar-refractivity contribution is -0.912. The number of aliphatic hydroxyl groups is 1. The van der Waals surface area contributed by atoms with Crippen LogP contribution >= 0.6 is 0 Å². The normalized spacial score (nSPS) is 23.8. The molecule has 176 valence electrons. The van der Waals surface area contributed by atoms with Crippen LogP contribution in [0.25, 0.3) is 21.5 Å². The summed E-state index contributed by atoms with van der Waals surface area (Å²) in [6.07, 6.45) is 0.587. The molecule has 0 saturated carbocycles. The van der Waals surface area contributed by atoms with Crippen molar-refractivity contribution in [1.82, 2.24) is 0 Å². The van der Waals surface area contributed by atoms with Crippen molar-refractivity contribution in [3.63, 3.8) is 0 Å². The first-order valence-corrected chi connectivity index (χ1v) is 11.0. The van der Waals surface area contributed by atoms with Crippen LogP contribution in [0.4, 0.5) is 0 Å². The highest BCUT2D eigenvalue weighted by Gasteiger charge is 2.47. The van der Waals surface area contributed by atoms with Gasteiger partial charge in [-0.15, -0.1) is 0 Å². The Kier molecular flexibility index (Phi) is 5.19. The Morgan fingerprint density at radius 2 is 1.42 bits per heavy atom. The summed E-state index contributed by atoms with van der Waals surface area (Å²) in [5.41, 5.74) is 1.58. The van der Waals surface area contributed by atoms with Crippen LogP contribution in [0.2, 0.25) is 0 Å². The summed E-state index contributed by atoms with van der Waals surface area (Å²) >= 11 is 0. The van der Waals surface area contributed by atoms with Gasteiger partial charge in [-0.3, -0.25) is 0 Å². The second kappa shape index (κ2) is 7.83. The molecule has 0 bridgehead atoms. The summed E-state index contributed by atoms with van der Waals surface area (Å²) in [5, 5.41) is 28.5. The van der Waals surface area contributed by atoms with Gasteiger partial charge >= 0.3 is 0 Å². The number of nitrogens with zero attached hydrogens (tertiary/aromatic N) is 1. The lowest BCUT2D eigenvalue weighted by atomic mass is 9.82. The highest BCUT2D eigenvalue weighted by atomic mass is 16.6. The maximum Gasteiger partial charge on any atom is 0.203 e. The van der Waals surface area contributed by atoms with Gasteiger partial charge in [0, 0.05) is 29.4 Å². The summed E-state index contributed by atoms with van der Waals surface area (Å²) in [7, 11) is 7.88. The lowest BCUT2D eigenvalue weighted by Gasteiger charge is -2.50. The smallest absolute Gasteiger partial charge is 0.203 e. The highest BCUT2D eigenvalue weighted by Crippen LogP contribution is 2.54. The maximum atomic E-state index is 13.7. The number of hydrogen-bond donors (Lipinski definition) is 1. The van der Waals surface area contributed by atoms with Crippen LogP contribution in [-0.2, 0) is 6.54 Å². The predicted molar refractivity (Wildman–Crippen MR) is 124 cm³/mol. The standard InChI is InChI=1S/C25H29NO7/c1-29-18-9-13-14(10-19(18)30-2)22-15(11-20(31-3)24(32-4)25(22)33-5)21-16(13)12-26(28)8-6-7-17(26)23(21)27/h9-11,17,23,27H,6-8,12H2,1-5H3. The largest absolute Gasteiger partial charge is 0.632 e. The van der Waals surface area contributed by atoms with Crippen LogP contribution in [0.5, 0.6) is 28.7 Å². The Bertz CT molecular complexity index is 1260. The van der Waals surface area contributed by atoms with Gasteiger partial charge in [-0.25, -0.2) is 0 Å². The third-order valence-corrected chi connectivity index (χ3v) is 7.29. The molecule has 1 saturated heterocycles. The van der Waals surface area contributed by atoms with Crippen LogP contribution in [0.3, 0.4) is 0 Å². The van der Waals surface area contributed by atoms with Gasteiger partial charge < -0.3 is 38.6 Å². The monoisotopic (exact) mass is 455 g/mol. The molecule has 2 aliphatic rings. The van der Waals surface area contributed by atoms with Gasteiger partial charge in [0.05, 0.1) is 42.1 Å². The average Bonchev–Trinajstić information content (AvgIpc) is 3.23. The van der Waals surface area contributed by atoms with E-state index in [2.05, 4.69) is 0 Å². The van der Waals surface area contributed by atoms with E-state index in [9.17, 15) is 10.3 Å². The minimum Gasteiger partial charge on any atom is -0.632 e. The highest BCUT2D eigenvalue weighted by molar-refractivity contribution is 6.16. The minimum absolute atomic E-state index is 0.287. The van der Waals surface area contributed by atoms with Crippen molar-refractivity contribution in [1.29, 1.82) is 0 Å². The van der Waals surface area contributed by atoms with Crippen molar-refractivity contribution in [2.24, 2.45) is 0 Å². The molecular formula is C25H29NO7.